The number of anilines is 1. The number of nitrogens with one attached hydrogen (secondary N) is 2. The minimum atomic E-state index is -0.0879. The highest BCUT2D eigenvalue weighted by Crippen LogP contribution is 2.28. The van der Waals surface area contributed by atoms with Crippen molar-refractivity contribution < 1.29 is 14.3 Å². The van der Waals surface area contributed by atoms with E-state index in [1.165, 1.54) is 0 Å². The summed E-state index contributed by atoms with van der Waals surface area (Å²) < 4.78 is 12.7. The molecule has 8 nitrogen and oxygen atoms in total. The van der Waals surface area contributed by atoms with E-state index in [1.54, 1.807) is 12.4 Å². The summed E-state index contributed by atoms with van der Waals surface area (Å²) in [4.78, 5) is 17.5. The molecule has 2 aromatic heterocycles. The molecular formula is C19H27N5O3. The lowest BCUT2D eigenvalue weighted by Crippen LogP contribution is -2.39. The minimum Gasteiger partial charge on any atom is -0.381 e. The topological polar surface area (TPSA) is 90.3 Å². The van der Waals surface area contributed by atoms with Crippen molar-refractivity contribution >= 4 is 22.6 Å². The molecule has 2 fully saturated rings. The fraction of sp³-hybridized carbons (Fsp3) is 0.632. The summed E-state index contributed by atoms with van der Waals surface area (Å²) in [6, 6.07) is 0.431. The number of amides is 1. The molecule has 0 atom stereocenters. The van der Waals surface area contributed by atoms with Crippen LogP contribution in [0.2, 0.25) is 0 Å². The minimum absolute atomic E-state index is 0.0879. The summed E-state index contributed by atoms with van der Waals surface area (Å²) in [6.07, 6.45) is 7.01. The van der Waals surface area contributed by atoms with Crippen LogP contribution < -0.4 is 10.6 Å². The predicted molar refractivity (Wildman–Crippen MR) is 102 cm³/mol. The van der Waals surface area contributed by atoms with Crippen molar-refractivity contribution in [3.63, 3.8) is 0 Å². The number of rotatable bonds is 5. The molecule has 4 heterocycles. The third-order valence-electron chi connectivity index (χ3n) is 5.34. The molecule has 27 heavy (non-hydrogen) atoms. The first-order valence-corrected chi connectivity index (χ1v) is 9.83. The molecule has 2 aliphatic rings. The van der Waals surface area contributed by atoms with E-state index in [0.29, 0.717) is 18.8 Å². The SMILES string of the molecule is CCn1ncc2c(NC3CCOCC3)c(C(=O)NC3CCOCC3)cnc21. The van der Waals surface area contributed by atoms with E-state index in [4.69, 9.17) is 9.47 Å². The van der Waals surface area contributed by atoms with Gasteiger partial charge in [0.15, 0.2) is 5.65 Å². The molecule has 1 amide bonds. The Morgan fingerprint density at radius 3 is 2.44 bits per heavy atom. The number of pyridine rings is 1. The van der Waals surface area contributed by atoms with E-state index < -0.39 is 0 Å². The lowest BCUT2D eigenvalue weighted by Gasteiger charge is -2.26. The second-order valence-corrected chi connectivity index (χ2v) is 7.14. The van der Waals surface area contributed by atoms with Crippen LogP contribution in [0.3, 0.4) is 0 Å². The zero-order valence-electron chi connectivity index (χ0n) is 15.7. The van der Waals surface area contributed by atoms with Crippen LogP contribution in [-0.2, 0) is 16.0 Å². The summed E-state index contributed by atoms with van der Waals surface area (Å²) >= 11 is 0. The third kappa shape index (κ3) is 3.91. The van der Waals surface area contributed by atoms with Gasteiger partial charge in [-0.2, -0.15) is 5.10 Å². The smallest absolute Gasteiger partial charge is 0.255 e. The molecule has 2 aromatic rings. The fourth-order valence-corrected chi connectivity index (χ4v) is 3.74. The molecular weight excluding hydrogens is 346 g/mol. The fourth-order valence-electron chi connectivity index (χ4n) is 3.74. The standard InChI is InChI=1S/C19H27N5O3/c1-2-24-18-15(12-21-24)17(22-13-3-7-26-8-4-13)16(11-20-18)19(25)23-14-5-9-27-10-6-14/h11-14H,2-10H2,1H3,(H,20,22)(H,23,25). The van der Waals surface area contributed by atoms with Gasteiger partial charge < -0.3 is 20.1 Å². The second-order valence-electron chi connectivity index (χ2n) is 7.14. The predicted octanol–water partition coefficient (Wildman–Crippen LogP) is 1.95. The average molecular weight is 373 g/mol. The molecule has 2 aliphatic heterocycles. The first kappa shape index (κ1) is 18.2. The van der Waals surface area contributed by atoms with Crippen LogP contribution in [0.25, 0.3) is 11.0 Å². The van der Waals surface area contributed by atoms with Gasteiger partial charge in [-0.25, -0.2) is 9.67 Å². The monoisotopic (exact) mass is 373 g/mol. The number of aryl methyl sites for hydroxylation is 1. The Morgan fingerprint density at radius 2 is 1.78 bits per heavy atom. The maximum atomic E-state index is 13.0. The zero-order valence-corrected chi connectivity index (χ0v) is 15.7. The molecule has 146 valence electrons. The lowest BCUT2D eigenvalue weighted by molar-refractivity contribution is 0.0696. The van der Waals surface area contributed by atoms with Crippen molar-refractivity contribution in [1.82, 2.24) is 20.1 Å². The summed E-state index contributed by atoms with van der Waals surface area (Å²) in [5.41, 5.74) is 2.21. The van der Waals surface area contributed by atoms with Gasteiger partial charge in [0, 0.05) is 51.3 Å². The quantitative estimate of drug-likeness (QED) is 0.833. The second kappa shape index (κ2) is 8.22. The molecule has 4 rings (SSSR count). The Morgan fingerprint density at radius 1 is 1.11 bits per heavy atom. The number of fused-ring (bicyclic) bond motifs is 1. The largest absolute Gasteiger partial charge is 0.381 e. The highest BCUT2D eigenvalue weighted by atomic mass is 16.5. The summed E-state index contributed by atoms with van der Waals surface area (Å²) in [5, 5.41) is 12.1. The maximum Gasteiger partial charge on any atom is 0.255 e. The van der Waals surface area contributed by atoms with Gasteiger partial charge in [-0.15, -0.1) is 0 Å². The van der Waals surface area contributed by atoms with Crippen LogP contribution in [0.1, 0.15) is 43.0 Å². The Bertz CT molecular complexity index is 794. The first-order valence-electron chi connectivity index (χ1n) is 9.83. The molecule has 0 aromatic carbocycles. The lowest BCUT2D eigenvalue weighted by atomic mass is 10.1. The van der Waals surface area contributed by atoms with Gasteiger partial charge in [-0.3, -0.25) is 4.79 Å². The van der Waals surface area contributed by atoms with Crippen molar-refractivity contribution in [2.75, 3.05) is 31.7 Å². The van der Waals surface area contributed by atoms with Gasteiger partial charge in [0.25, 0.3) is 5.91 Å². The average Bonchev–Trinajstić information content (AvgIpc) is 3.13. The molecule has 0 radical (unpaired) electrons. The highest BCUT2D eigenvalue weighted by Gasteiger charge is 2.24. The van der Waals surface area contributed by atoms with Gasteiger partial charge in [0.05, 0.1) is 22.8 Å². The normalized spacial score (nSPS) is 19.3. The van der Waals surface area contributed by atoms with Crippen molar-refractivity contribution in [3.8, 4) is 0 Å². The molecule has 2 N–H and O–H groups in total. The number of nitrogens with zero attached hydrogens (tertiary/aromatic N) is 3. The van der Waals surface area contributed by atoms with E-state index >= 15 is 0 Å². The van der Waals surface area contributed by atoms with Gasteiger partial charge in [0.1, 0.15) is 0 Å². The Hall–Kier alpha value is -2.19. The van der Waals surface area contributed by atoms with Gasteiger partial charge in [-0.1, -0.05) is 0 Å². The van der Waals surface area contributed by atoms with Crippen LogP contribution in [0.5, 0.6) is 0 Å². The highest BCUT2D eigenvalue weighted by molar-refractivity contribution is 6.06. The number of hydrogen-bond acceptors (Lipinski definition) is 6. The Labute approximate surface area is 158 Å². The van der Waals surface area contributed by atoms with Gasteiger partial charge in [-0.05, 0) is 32.6 Å². The van der Waals surface area contributed by atoms with Crippen LogP contribution in [0.4, 0.5) is 5.69 Å². The van der Waals surface area contributed by atoms with Crippen molar-refractivity contribution in [2.45, 2.75) is 51.2 Å². The maximum absolute atomic E-state index is 13.0. The van der Waals surface area contributed by atoms with Gasteiger partial charge in [0.2, 0.25) is 0 Å². The van der Waals surface area contributed by atoms with E-state index in [-0.39, 0.29) is 18.0 Å². The van der Waals surface area contributed by atoms with Crippen LogP contribution >= 0.6 is 0 Å². The summed E-state index contributed by atoms with van der Waals surface area (Å²) in [7, 11) is 0. The molecule has 0 spiro atoms. The van der Waals surface area contributed by atoms with Crippen LogP contribution in [-0.4, -0.2) is 59.2 Å². The molecule has 0 bridgehead atoms. The molecule has 0 aliphatic carbocycles. The zero-order chi connectivity index (χ0) is 18.6. The number of carbonyl (C=O) groups excluding carboxylic acids is 1. The number of hydrogen-bond donors (Lipinski definition) is 2. The van der Waals surface area contributed by atoms with Crippen molar-refractivity contribution in [1.29, 1.82) is 0 Å². The van der Waals surface area contributed by atoms with Crippen molar-refractivity contribution in [3.05, 3.63) is 18.0 Å². The molecule has 8 heteroatoms. The Kier molecular flexibility index (Phi) is 5.54. The van der Waals surface area contributed by atoms with E-state index in [9.17, 15) is 4.79 Å². The van der Waals surface area contributed by atoms with Crippen LogP contribution in [0, 0.1) is 0 Å². The molecule has 2 saturated heterocycles. The molecule has 0 saturated carbocycles. The number of carbonyl (C=O) groups is 1. The summed E-state index contributed by atoms with van der Waals surface area (Å²) in [5.74, 6) is -0.0879. The van der Waals surface area contributed by atoms with Crippen LogP contribution in [0.15, 0.2) is 12.4 Å². The van der Waals surface area contributed by atoms with Crippen molar-refractivity contribution in [2.24, 2.45) is 0 Å². The van der Waals surface area contributed by atoms with E-state index in [2.05, 4.69) is 20.7 Å². The van der Waals surface area contributed by atoms with E-state index in [0.717, 1.165) is 62.2 Å². The number of aromatic nitrogens is 3. The summed E-state index contributed by atoms with van der Waals surface area (Å²) in [6.45, 7) is 5.64. The third-order valence-corrected chi connectivity index (χ3v) is 5.34. The van der Waals surface area contributed by atoms with Gasteiger partial charge >= 0.3 is 0 Å². The Balaban J connectivity index is 1.65. The number of ether oxygens (including phenoxy) is 2. The molecule has 0 unspecified atom stereocenters. The first-order chi connectivity index (χ1) is 13.3. The van der Waals surface area contributed by atoms with E-state index in [1.807, 2.05) is 11.6 Å².